The van der Waals surface area contributed by atoms with Crippen molar-refractivity contribution in [1.29, 1.82) is 0 Å². The van der Waals surface area contributed by atoms with Gasteiger partial charge >= 0.3 is 0 Å². The summed E-state index contributed by atoms with van der Waals surface area (Å²) in [4.78, 5) is 0. The molecule has 0 saturated heterocycles. The van der Waals surface area contributed by atoms with E-state index in [-0.39, 0.29) is 6.61 Å². The predicted octanol–water partition coefficient (Wildman–Crippen LogP) is 2.87. The van der Waals surface area contributed by atoms with Crippen LogP contribution < -0.4 is 0 Å². The Hall–Kier alpha value is -0.540. The van der Waals surface area contributed by atoms with Crippen LogP contribution in [0.5, 0.6) is 0 Å². The van der Waals surface area contributed by atoms with E-state index in [9.17, 15) is 0 Å². The van der Waals surface area contributed by atoms with Gasteiger partial charge in [-0.25, -0.2) is 0 Å². The largest absolute Gasteiger partial charge is 0.502 e. The van der Waals surface area contributed by atoms with Crippen LogP contribution in [0, 0.1) is 0 Å². The maximum Gasteiger partial charge on any atom is 0.0873 e. The lowest BCUT2D eigenvalue weighted by Crippen LogP contribution is -2.03. The Morgan fingerprint density at radius 3 is 2.12 bits per heavy atom. The molecule has 0 aromatic heterocycles. The Morgan fingerprint density at radius 1 is 1.19 bits per heavy atom. The Balaban J connectivity index is 0. The molecule has 0 spiro atoms. The van der Waals surface area contributed by atoms with E-state index in [1.54, 1.807) is 0 Å². The van der Waals surface area contributed by atoms with Crippen molar-refractivity contribution in [3.63, 3.8) is 0 Å². The molecule has 0 bridgehead atoms. The number of aliphatic hydroxyl groups excluding tert-OH is 2. The van der Waals surface area contributed by atoms with Gasteiger partial charge in [0.15, 0.2) is 0 Å². The molecular formula is C13H28O3. The van der Waals surface area contributed by atoms with E-state index in [1.807, 2.05) is 0 Å². The SMILES string of the molecule is C=COCCCCCCCC.CC(O)CO. The van der Waals surface area contributed by atoms with Crippen molar-refractivity contribution < 1.29 is 14.9 Å². The number of unbranched alkanes of at least 4 members (excludes halogenated alkanes) is 5. The number of ether oxygens (including phenoxy) is 1. The summed E-state index contributed by atoms with van der Waals surface area (Å²) >= 11 is 0. The molecule has 16 heavy (non-hydrogen) atoms. The highest BCUT2D eigenvalue weighted by molar-refractivity contribution is 4.49. The first-order chi connectivity index (χ1) is 7.68. The number of hydrogen-bond donors (Lipinski definition) is 2. The van der Waals surface area contributed by atoms with E-state index in [1.165, 1.54) is 51.7 Å². The minimum Gasteiger partial charge on any atom is -0.502 e. The number of rotatable bonds is 9. The fourth-order valence-corrected chi connectivity index (χ4v) is 1.05. The fourth-order valence-electron chi connectivity index (χ4n) is 1.05. The first-order valence-corrected chi connectivity index (χ1v) is 6.20. The van der Waals surface area contributed by atoms with Crippen LogP contribution in [0.25, 0.3) is 0 Å². The van der Waals surface area contributed by atoms with Crippen molar-refractivity contribution in [2.24, 2.45) is 0 Å². The van der Waals surface area contributed by atoms with Gasteiger partial charge in [-0.3, -0.25) is 0 Å². The average molecular weight is 232 g/mol. The minimum absolute atomic E-state index is 0.139. The van der Waals surface area contributed by atoms with Gasteiger partial charge in [-0.1, -0.05) is 45.6 Å². The van der Waals surface area contributed by atoms with Gasteiger partial charge < -0.3 is 14.9 Å². The zero-order chi connectivity index (χ0) is 12.6. The molecular weight excluding hydrogens is 204 g/mol. The summed E-state index contributed by atoms with van der Waals surface area (Å²) in [5.41, 5.74) is 0. The smallest absolute Gasteiger partial charge is 0.0873 e. The number of hydrogen-bond acceptors (Lipinski definition) is 3. The first-order valence-electron chi connectivity index (χ1n) is 6.20. The van der Waals surface area contributed by atoms with Gasteiger partial charge in [-0.2, -0.15) is 0 Å². The van der Waals surface area contributed by atoms with E-state index in [0.717, 1.165) is 6.61 Å². The van der Waals surface area contributed by atoms with E-state index < -0.39 is 6.10 Å². The molecule has 0 amide bonds. The highest BCUT2D eigenvalue weighted by Crippen LogP contribution is 2.04. The minimum atomic E-state index is -0.560. The quantitative estimate of drug-likeness (QED) is 0.475. The Labute approximate surface area is 100 Å². The van der Waals surface area contributed by atoms with Gasteiger partial charge in [-0.05, 0) is 13.3 Å². The lowest BCUT2D eigenvalue weighted by molar-refractivity contribution is 0.110. The molecule has 1 unspecified atom stereocenters. The van der Waals surface area contributed by atoms with Gasteiger partial charge in [0.1, 0.15) is 0 Å². The van der Waals surface area contributed by atoms with Crippen LogP contribution >= 0.6 is 0 Å². The molecule has 3 nitrogen and oxygen atoms in total. The monoisotopic (exact) mass is 232 g/mol. The number of aliphatic hydroxyl groups is 2. The molecule has 0 aliphatic heterocycles. The van der Waals surface area contributed by atoms with Crippen LogP contribution in [0.1, 0.15) is 52.4 Å². The maximum atomic E-state index is 8.11. The van der Waals surface area contributed by atoms with Gasteiger partial charge in [0.2, 0.25) is 0 Å². The van der Waals surface area contributed by atoms with Gasteiger partial charge in [0.05, 0.1) is 25.6 Å². The average Bonchev–Trinajstić information content (AvgIpc) is 2.29. The van der Waals surface area contributed by atoms with E-state index in [0.29, 0.717) is 0 Å². The van der Waals surface area contributed by atoms with E-state index in [4.69, 9.17) is 14.9 Å². The van der Waals surface area contributed by atoms with Gasteiger partial charge in [0, 0.05) is 0 Å². The molecule has 0 aliphatic rings. The maximum absolute atomic E-state index is 8.11. The topological polar surface area (TPSA) is 49.7 Å². The second-order valence-corrected chi connectivity index (χ2v) is 3.84. The molecule has 0 rings (SSSR count). The molecule has 1 atom stereocenters. The summed E-state index contributed by atoms with van der Waals surface area (Å²) in [6.45, 7) is 7.95. The lowest BCUT2D eigenvalue weighted by Gasteiger charge is -1.99. The Morgan fingerprint density at radius 2 is 1.69 bits per heavy atom. The molecule has 98 valence electrons. The van der Waals surface area contributed by atoms with Crippen LogP contribution in [-0.2, 0) is 4.74 Å². The first kappa shape index (κ1) is 17.8. The van der Waals surface area contributed by atoms with Crippen LogP contribution in [0.2, 0.25) is 0 Å². The summed E-state index contributed by atoms with van der Waals surface area (Å²) in [6.07, 6.45) is 8.87. The predicted molar refractivity (Wildman–Crippen MR) is 68.3 cm³/mol. The molecule has 0 heterocycles. The van der Waals surface area contributed by atoms with Crippen molar-refractivity contribution in [2.75, 3.05) is 13.2 Å². The van der Waals surface area contributed by atoms with Crippen molar-refractivity contribution >= 4 is 0 Å². The van der Waals surface area contributed by atoms with E-state index >= 15 is 0 Å². The molecule has 0 radical (unpaired) electrons. The summed E-state index contributed by atoms with van der Waals surface area (Å²) < 4.78 is 5.00. The van der Waals surface area contributed by atoms with Crippen molar-refractivity contribution in [2.45, 2.75) is 58.5 Å². The lowest BCUT2D eigenvalue weighted by atomic mass is 10.1. The van der Waals surface area contributed by atoms with Crippen molar-refractivity contribution in [3.8, 4) is 0 Å². The standard InChI is InChI=1S/C10H20O.C3H8O2/c1-3-5-6-7-8-9-10-11-4-2;1-3(5)2-4/h4H,2-3,5-10H2,1H3;3-5H,2H2,1H3. The normalized spacial score (nSPS) is 11.2. The Kier molecular flexibility index (Phi) is 18.8. The summed E-state index contributed by atoms with van der Waals surface area (Å²) in [5.74, 6) is 0. The summed E-state index contributed by atoms with van der Waals surface area (Å²) in [6, 6.07) is 0. The zero-order valence-electron chi connectivity index (χ0n) is 10.8. The van der Waals surface area contributed by atoms with Gasteiger partial charge in [-0.15, -0.1) is 0 Å². The third-order valence-electron chi connectivity index (χ3n) is 2.00. The third-order valence-corrected chi connectivity index (χ3v) is 2.00. The molecule has 0 aromatic rings. The summed E-state index contributed by atoms with van der Waals surface area (Å²) in [7, 11) is 0. The second-order valence-electron chi connectivity index (χ2n) is 3.84. The van der Waals surface area contributed by atoms with Crippen molar-refractivity contribution in [1.82, 2.24) is 0 Å². The fraction of sp³-hybridized carbons (Fsp3) is 0.846. The van der Waals surface area contributed by atoms with Crippen LogP contribution in [-0.4, -0.2) is 29.5 Å². The highest BCUT2D eigenvalue weighted by atomic mass is 16.5. The highest BCUT2D eigenvalue weighted by Gasteiger charge is 1.88. The molecule has 0 aliphatic carbocycles. The Bertz CT molecular complexity index is 124. The molecule has 0 fully saturated rings. The molecule has 2 N–H and O–H groups in total. The van der Waals surface area contributed by atoms with Crippen LogP contribution in [0.4, 0.5) is 0 Å². The van der Waals surface area contributed by atoms with Crippen molar-refractivity contribution in [3.05, 3.63) is 12.8 Å². The molecule has 0 saturated carbocycles. The summed E-state index contributed by atoms with van der Waals surface area (Å²) in [5, 5.41) is 16.0. The second kappa shape index (κ2) is 16.9. The van der Waals surface area contributed by atoms with Crippen LogP contribution in [0.15, 0.2) is 12.8 Å². The molecule has 3 heteroatoms. The van der Waals surface area contributed by atoms with E-state index in [2.05, 4.69) is 13.5 Å². The third kappa shape index (κ3) is 23.4. The zero-order valence-corrected chi connectivity index (χ0v) is 10.8. The van der Waals surface area contributed by atoms with Crippen LogP contribution in [0.3, 0.4) is 0 Å². The molecule has 0 aromatic carbocycles. The van der Waals surface area contributed by atoms with Gasteiger partial charge in [0.25, 0.3) is 0 Å².